The predicted molar refractivity (Wildman–Crippen MR) is 124 cm³/mol. The van der Waals surface area contributed by atoms with Gasteiger partial charge in [0.1, 0.15) is 5.82 Å². The Morgan fingerprint density at radius 1 is 1.15 bits per heavy atom. The van der Waals surface area contributed by atoms with E-state index in [4.69, 9.17) is 11.6 Å². The highest BCUT2D eigenvalue weighted by Crippen LogP contribution is 2.29. The van der Waals surface area contributed by atoms with E-state index in [0.29, 0.717) is 30.4 Å². The SMILES string of the molecule is CC1CCCN(S(=O)(=O)c2ccc(NC(=O)C3CC(=O)N(c4ccc(F)c(Cl)c4)C3)cc2)C1. The highest BCUT2D eigenvalue weighted by molar-refractivity contribution is 7.89. The second-order valence-electron chi connectivity index (χ2n) is 8.63. The molecule has 2 atom stereocenters. The Labute approximate surface area is 197 Å². The predicted octanol–water partition coefficient (Wildman–Crippen LogP) is 3.89. The fourth-order valence-corrected chi connectivity index (χ4v) is 6.03. The van der Waals surface area contributed by atoms with Crippen molar-refractivity contribution < 1.29 is 22.4 Å². The van der Waals surface area contributed by atoms with E-state index in [1.165, 1.54) is 39.5 Å². The fourth-order valence-electron chi connectivity index (χ4n) is 4.25. The number of hydrogen-bond acceptors (Lipinski definition) is 4. The van der Waals surface area contributed by atoms with Gasteiger partial charge in [-0.1, -0.05) is 18.5 Å². The minimum atomic E-state index is -3.58. The lowest BCUT2D eigenvalue weighted by atomic mass is 10.0. The Kier molecular flexibility index (Phi) is 6.74. The maximum atomic E-state index is 13.4. The number of halogens is 2. The number of carbonyl (C=O) groups excluding carboxylic acids is 2. The number of piperidine rings is 1. The molecule has 7 nitrogen and oxygen atoms in total. The molecular formula is C23H25ClFN3O4S. The third-order valence-electron chi connectivity index (χ3n) is 6.09. The molecule has 0 saturated carbocycles. The van der Waals surface area contributed by atoms with Gasteiger partial charge in [0.25, 0.3) is 0 Å². The lowest BCUT2D eigenvalue weighted by Crippen LogP contribution is -2.39. The monoisotopic (exact) mass is 493 g/mol. The quantitative estimate of drug-likeness (QED) is 0.684. The van der Waals surface area contributed by atoms with Crippen molar-refractivity contribution in [1.82, 2.24) is 4.31 Å². The van der Waals surface area contributed by atoms with Crippen LogP contribution < -0.4 is 10.2 Å². The van der Waals surface area contributed by atoms with E-state index in [1.807, 2.05) is 6.92 Å². The Hall–Kier alpha value is -2.49. The van der Waals surface area contributed by atoms with E-state index in [-0.39, 0.29) is 34.7 Å². The summed E-state index contributed by atoms with van der Waals surface area (Å²) in [6.07, 6.45) is 1.88. The molecule has 2 aliphatic heterocycles. The Morgan fingerprint density at radius 3 is 2.55 bits per heavy atom. The van der Waals surface area contributed by atoms with Gasteiger partial charge in [0.15, 0.2) is 0 Å². The van der Waals surface area contributed by atoms with Crippen LogP contribution in [-0.2, 0) is 19.6 Å². The smallest absolute Gasteiger partial charge is 0.243 e. The van der Waals surface area contributed by atoms with Gasteiger partial charge in [-0.05, 0) is 61.2 Å². The zero-order valence-corrected chi connectivity index (χ0v) is 19.7. The second-order valence-corrected chi connectivity index (χ2v) is 11.0. The van der Waals surface area contributed by atoms with Crippen LogP contribution in [0.1, 0.15) is 26.2 Å². The van der Waals surface area contributed by atoms with Crippen molar-refractivity contribution in [2.24, 2.45) is 11.8 Å². The molecule has 2 saturated heterocycles. The summed E-state index contributed by atoms with van der Waals surface area (Å²) in [6, 6.07) is 10.0. The molecule has 4 rings (SSSR count). The maximum Gasteiger partial charge on any atom is 0.243 e. The summed E-state index contributed by atoms with van der Waals surface area (Å²) >= 11 is 5.81. The van der Waals surface area contributed by atoms with Gasteiger partial charge < -0.3 is 10.2 Å². The summed E-state index contributed by atoms with van der Waals surface area (Å²) in [6.45, 7) is 3.20. The summed E-state index contributed by atoms with van der Waals surface area (Å²) in [5.74, 6) is -1.46. The molecule has 0 radical (unpaired) electrons. The number of anilines is 2. The van der Waals surface area contributed by atoms with Crippen molar-refractivity contribution in [1.29, 1.82) is 0 Å². The third-order valence-corrected chi connectivity index (χ3v) is 8.26. The molecule has 0 aliphatic carbocycles. The molecule has 0 spiro atoms. The standard InChI is InChI=1S/C23H25ClFN3O4S/c1-15-3-2-10-27(13-15)33(31,32)19-7-4-17(5-8-19)26-23(30)16-11-22(29)28(14-16)18-6-9-21(25)20(24)12-18/h4-9,12,15-16H,2-3,10-11,13-14H2,1H3,(H,26,30). The number of hydrogen-bond donors (Lipinski definition) is 1. The molecule has 176 valence electrons. The van der Waals surface area contributed by atoms with Crippen molar-refractivity contribution in [3.05, 3.63) is 53.3 Å². The van der Waals surface area contributed by atoms with Crippen molar-refractivity contribution in [2.45, 2.75) is 31.1 Å². The Morgan fingerprint density at radius 2 is 1.88 bits per heavy atom. The average molecular weight is 494 g/mol. The van der Waals surface area contributed by atoms with Crippen molar-refractivity contribution in [3.8, 4) is 0 Å². The first-order valence-corrected chi connectivity index (χ1v) is 12.6. The Balaban J connectivity index is 1.40. The fraction of sp³-hybridized carbons (Fsp3) is 0.391. The number of nitrogens with zero attached hydrogens (tertiary/aromatic N) is 2. The van der Waals surface area contributed by atoms with Crippen LogP contribution >= 0.6 is 11.6 Å². The highest BCUT2D eigenvalue weighted by Gasteiger charge is 2.35. The van der Waals surface area contributed by atoms with Gasteiger partial charge >= 0.3 is 0 Å². The summed E-state index contributed by atoms with van der Waals surface area (Å²) < 4.78 is 40.7. The minimum absolute atomic E-state index is 0.0143. The number of sulfonamides is 1. The molecule has 33 heavy (non-hydrogen) atoms. The lowest BCUT2D eigenvalue weighted by molar-refractivity contribution is -0.122. The summed E-state index contributed by atoms with van der Waals surface area (Å²) in [5.41, 5.74) is 0.880. The van der Waals surface area contributed by atoms with E-state index in [2.05, 4.69) is 5.32 Å². The lowest BCUT2D eigenvalue weighted by Gasteiger charge is -2.30. The molecule has 2 amide bonds. The van der Waals surface area contributed by atoms with Gasteiger partial charge in [-0.25, -0.2) is 12.8 Å². The molecule has 2 aromatic rings. The van der Waals surface area contributed by atoms with Crippen molar-refractivity contribution in [2.75, 3.05) is 29.9 Å². The van der Waals surface area contributed by atoms with Gasteiger partial charge in [0.05, 0.1) is 15.8 Å². The zero-order valence-electron chi connectivity index (χ0n) is 18.1. The number of amides is 2. The molecule has 2 fully saturated rings. The van der Waals surface area contributed by atoms with Gasteiger partial charge in [0, 0.05) is 37.4 Å². The normalized spacial score (nSPS) is 21.9. The molecule has 0 bridgehead atoms. The molecule has 2 heterocycles. The highest BCUT2D eigenvalue weighted by atomic mass is 35.5. The van der Waals surface area contributed by atoms with E-state index < -0.39 is 21.8 Å². The first kappa shape index (κ1) is 23.7. The van der Waals surface area contributed by atoms with E-state index in [0.717, 1.165) is 12.8 Å². The topological polar surface area (TPSA) is 86.8 Å². The van der Waals surface area contributed by atoms with Crippen LogP contribution in [0.4, 0.5) is 15.8 Å². The molecule has 2 unspecified atom stereocenters. The average Bonchev–Trinajstić information content (AvgIpc) is 3.18. The summed E-state index contributed by atoms with van der Waals surface area (Å²) in [4.78, 5) is 26.7. The molecule has 0 aromatic heterocycles. The van der Waals surface area contributed by atoms with Crippen LogP contribution in [-0.4, -0.2) is 44.2 Å². The van der Waals surface area contributed by atoms with Crippen molar-refractivity contribution in [3.63, 3.8) is 0 Å². The number of benzene rings is 2. The molecular weight excluding hydrogens is 469 g/mol. The van der Waals surface area contributed by atoms with Crippen LogP contribution in [0.25, 0.3) is 0 Å². The first-order valence-electron chi connectivity index (χ1n) is 10.8. The van der Waals surface area contributed by atoms with Gasteiger partial charge in [-0.2, -0.15) is 4.31 Å². The molecule has 1 N–H and O–H groups in total. The largest absolute Gasteiger partial charge is 0.326 e. The second kappa shape index (κ2) is 9.40. The molecule has 2 aliphatic rings. The van der Waals surface area contributed by atoms with Gasteiger partial charge in [-0.3, -0.25) is 9.59 Å². The third kappa shape index (κ3) is 5.05. The van der Waals surface area contributed by atoms with E-state index >= 15 is 0 Å². The van der Waals surface area contributed by atoms with E-state index in [9.17, 15) is 22.4 Å². The first-order chi connectivity index (χ1) is 15.6. The summed E-state index contributed by atoms with van der Waals surface area (Å²) in [7, 11) is -3.58. The maximum absolute atomic E-state index is 13.4. The molecule has 2 aromatic carbocycles. The van der Waals surface area contributed by atoms with Crippen LogP contribution in [0, 0.1) is 17.7 Å². The number of carbonyl (C=O) groups is 2. The van der Waals surface area contributed by atoms with Crippen LogP contribution in [0.2, 0.25) is 5.02 Å². The van der Waals surface area contributed by atoms with Crippen LogP contribution in [0.5, 0.6) is 0 Å². The summed E-state index contributed by atoms with van der Waals surface area (Å²) in [5, 5.41) is 2.65. The van der Waals surface area contributed by atoms with E-state index in [1.54, 1.807) is 12.1 Å². The zero-order chi connectivity index (χ0) is 23.8. The van der Waals surface area contributed by atoms with Crippen molar-refractivity contribution >= 4 is 44.8 Å². The number of rotatable bonds is 5. The van der Waals surface area contributed by atoms with Crippen LogP contribution in [0.15, 0.2) is 47.4 Å². The van der Waals surface area contributed by atoms with Gasteiger partial charge in [0.2, 0.25) is 21.8 Å². The van der Waals surface area contributed by atoms with Gasteiger partial charge in [-0.15, -0.1) is 0 Å². The number of nitrogens with one attached hydrogen (secondary N) is 1. The minimum Gasteiger partial charge on any atom is -0.326 e. The molecule has 10 heteroatoms. The van der Waals surface area contributed by atoms with Crippen LogP contribution in [0.3, 0.4) is 0 Å². The Bertz CT molecular complexity index is 1170.